The van der Waals surface area contributed by atoms with Gasteiger partial charge in [-0.1, -0.05) is 24.3 Å². The summed E-state index contributed by atoms with van der Waals surface area (Å²) in [6.07, 6.45) is 3.19. The van der Waals surface area contributed by atoms with E-state index >= 15 is 0 Å². The van der Waals surface area contributed by atoms with Crippen molar-refractivity contribution in [3.63, 3.8) is 0 Å². The zero-order chi connectivity index (χ0) is 24.5. The molecule has 0 N–H and O–H groups in total. The Hall–Kier alpha value is -3.41. The first-order valence-corrected chi connectivity index (χ1v) is 12.2. The summed E-state index contributed by atoms with van der Waals surface area (Å²) in [6.45, 7) is 16.4. The molecule has 3 aromatic rings. The van der Waals surface area contributed by atoms with E-state index in [0.717, 1.165) is 59.8 Å². The molecule has 2 aromatic carbocycles. The number of esters is 1. The molecule has 1 aromatic heterocycles. The molecule has 6 nitrogen and oxygen atoms in total. The van der Waals surface area contributed by atoms with E-state index in [1.165, 1.54) is 0 Å². The molecule has 0 fully saturated rings. The summed E-state index contributed by atoms with van der Waals surface area (Å²) in [5.41, 5.74) is 5.92. The van der Waals surface area contributed by atoms with Crippen LogP contribution in [-0.4, -0.2) is 42.1 Å². The van der Waals surface area contributed by atoms with Crippen molar-refractivity contribution < 1.29 is 9.53 Å². The van der Waals surface area contributed by atoms with Crippen LogP contribution in [0.25, 0.3) is 0 Å². The lowest BCUT2D eigenvalue weighted by Crippen LogP contribution is -2.34. The Labute approximate surface area is 202 Å². The number of carbonyl (C=O) groups is 1. The number of cyclic esters (lactones) is 1. The number of nitrogens with zero attached hydrogens (tertiary/aromatic N) is 4. The van der Waals surface area contributed by atoms with Crippen molar-refractivity contribution in [2.45, 2.75) is 47.1 Å². The zero-order valence-corrected chi connectivity index (χ0v) is 21.1. The van der Waals surface area contributed by atoms with Gasteiger partial charge in [-0.15, -0.1) is 0 Å². The Kier molecular flexibility index (Phi) is 6.60. The molecule has 4 rings (SSSR count). The Balaban J connectivity index is 2.08. The van der Waals surface area contributed by atoms with Crippen molar-refractivity contribution in [3.05, 3.63) is 82.4 Å². The highest BCUT2D eigenvalue weighted by Crippen LogP contribution is 2.49. The molecule has 0 bridgehead atoms. The molecule has 0 aliphatic carbocycles. The van der Waals surface area contributed by atoms with Gasteiger partial charge in [-0.2, -0.15) is 0 Å². The first kappa shape index (κ1) is 23.7. The maximum Gasteiger partial charge on any atom is 0.360 e. The highest BCUT2D eigenvalue weighted by Gasteiger charge is 2.52. The van der Waals surface area contributed by atoms with Crippen LogP contribution in [0.5, 0.6) is 0 Å². The predicted molar refractivity (Wildman–Crippen MR) is 137 cm³/mol. The van der Waals surface area contributed by atoms with Crippen LogP contribution in [0.4, 0.5) is 11.4 Å². The van der Waals surface area contributed by atoms with Gasteiger partial charge in [0.05, 0.1) is 0 Å². The van der Waals surface area contributed by atoms with Gasteiger partial charge in [-0.05, 0) is 64.8 Å². The molecule has 2 heterocycles. The van der Waals surface area contributed by atoms with Crippen molar-refractivity contribution in [3.8, 4) is 0 Å². The molecule has 0 atom stereocenters. The third kappa shape index (κ3) is 3.52. The van der Waals surface area contributed by atoms with Crippen LogP contribution in [0.1, 0.15) is 66.1 Å². The van der Waals surface area contributed by atoms with Crippen molar-refractivity contribution in [2.24, 2.45) is 0 Å². The quantitative estimate of drug-likeness (QED) is 0.430. The number of anilines is 2. The van der Waals surface area contributed by atoms with Gasteiger partial charge in [0.1, 0.15) is 5.69 Å². The number of ether oxygens (including phenoxy) is 1. The molecule has 178 valence electrons. The highest BCUT2D eigenvalue weighted by molar-refractivity contribution is 5.94. The van der Waals surface area contributed by atoms with E-state index in [0.29, 0.717) is 5.69 Å². The van der Waals surface area contributed by atoms with E-state index in [1.807, 2.05) is 12.1 Å². The minimum atomic E-state index is -1.17. The summed E-state index contributed by atoms with van der Waals surface area (Å²) in [4.78, 5) is 26.9. The number of carbonyl (C=O) groups excluding carboxylic acids is 1. The van der Waals surface area contributed by atoms with Gasteiger partial charge in [0.2, 0.25) is 5.60 Å². The summed E-state index contributed by atoms with van der Waals surface area (Å²) >= 11 is 0. The van der Waals surface area contributed by atoms with Gasteiger partial charge >= 0.3 is 5.97 Å². The maximum absolute atomic E-state index is 13.2. The summed E-state index contributed by atoms with van der Waals surface area (Å²) in [5, 5.41) is 0. The predicted octanol–water partition coefficient (Wildman–Crippen LogP) is 5.25. The van der Waals surface area contributed by atoms with Crippen LogP contribution < -0.4 is 9.80 Å². The maximum atomic E-state index is 13.2. The zero-order valence-electron chi connectivity index (χ0n) is 21.1. The third-order valence-corrected chi connectivity index (χ3v) is 7.05. The highest BCUT2D eigenvalue weighted by atomic mass is 16.6. The van der Waals surface area contributed by atoms with Crippen molar-refractivity contribution in [1.29, 1.82) is 0 Å². The number of fused-ring (bicyclic) bond motifs is 1. The molecule has 0 unspecified atom stereocenters. The lowest BCUT2D eigenvalue weighted by atomic mass is 9.78. The molecule has 0 amide bonds. The van der Waals surface area contributed by atoms with E-state index in [2.05, 4.69) is 80.6 Å². The third-order valence-electron chi connectivity index (χ3n) is 7.05. The molecule has 0 radical (unpaired) electrons. The second-order valence-corrected chi connectivity index (χ2v) is 8.57. The molecule has 1 aliphatic heterocycles. The summed E-state index contributed by atoms with van der Waals surface area (Å²) in [6, 6.07) is 12.5. The van der Waals surface area contributed by atoms with Gasteiger partial charge < -0.3 is 14.5 Å². The number of rotatable bonds is 8. The second kappa shape index (κ2) is 9.45. The van der Waals surface area contributed by atoms with Crippen molar-refractivity contribution >= 4 is 17.3 Å². The summed E-state index contributed by atoms with van der Waals surface area (Å²) in [5.74, 6) is -0.441. The molecule has 0 saturated carbocycles. The lowest BCUT2D eigenvalue weighted by molar-refractivity contribution is 0.0237. The van der Waals surface area contributed by atoms with Crippen LogP contribution in [0.2, 0.25) is 0 Å². The molecule has 0 saturated heterocycles. The topological polar surface area (TPSA) is 58.6 Å². The first-order valence-electron chi connectivity index (χ1n) is 12.2. The van der Waals surface area contributed by atoms with Gasteiger partial charge in [0.25, 0.3) is 0 Å². The normalized spacial score (nSPS) is 14.0. The van der Waals surface area contributed by atoms with E-state index in [9.17, 15) is 4.79 Å². The fourth-order valence-corrected chi connectivity index (χ4v) is 5.31. The average Bonchev–Trinajstić information content (AvgIpc) is 3.15. The average molecular weight is 459 g/mol. The standard InChI is InChI=1S/C28H34N4O2/c1-7-31(8-2)23-15-11-13-21(19(23)5)28(26-25(27(33)34-28)29-17-18-30-26)22-14-12-16-24(20(22)6)32(9-3)10-4/h11-18H,7-10H2,1-6H3. The number of hydrogen-bond donors (Lipinski definition) is 0. The van der Waals surface area contributed by atoms with Crippen LogP contribution in [0.3, 0.4) is 0 Å². The minimum Gasteiger partial charge on any atom is -0.438 e. The van der Waals surface area contributed by atoms with Gasteiger partial charge in [0, 0.05) is 61.1 Å². The number of aromatic nitrogens is 2. The van der Waals surface area contributed by atoms with Crippen LogP contribution >= 0.6 is 0 Å². The lowest BCUT2D eigenvalue weighted by Gasteiger charge is -2.35. The number of hydrogen-bond acceptors (Lipinski definition) is 6. The van der Waals surface area contributed by atoms with Crippen LogP contribution in [0, 0.1) is 13.8 Å². The van der Waals surface area contributed by atoms with Crippen LogP contribution in [0.15, 0.2) is 48.8 Å². The fourth-order valence-electron chi connectivity index (χ4n) is 5.31. The smallest absolute Gasteiger partial charge is 0.360 e. The van der Waals surface area contributed by atoms with E-state index in [1.54, 1.807) is 12.4 Å². The molecular weight excluding hydrogens is 424 g/mol. The van der Waals surface area contributed by atoms with Crippen molar-refractivity contribution in [2.75, 3.05) is 36.0 Å². The van der Waals surface area contributed by atoms with E-state index < -0.39 is 11.6 Å². The Morgan fingerprint density at radius 1 is 0.765 bits per heavy atom. The molecule has 6 heteroatoms. The summed E-state index contributed by atoms with van der Waals surface area (Å²) in [7, 11) is 0. The molecular formula is C28H34N4O2. The fraction of sp³-hybridized carbons (Fsp3) is 0.393. The van der Waals surface area contributed by atoms with Gasteiger partial charge in [-0.3, -0.25) is 4.98 Å². The van der Waals surface area contributed by atoms with Gasteiger partial charge in [-0.25, -0.2) is 9.78 Å². The molecule has 34 heavy (non-hydrogen) atoms. The minimum absolute atomic E-state index is 0.280. The van der Waals surface area contributed by atoms with Crippen molar-refractivity contribution in [1.82, 2.24) is 9.97 Å². The number of benzene rings is 2. The largest absolute Gasteiger partial charge is 0.438 e. The molecule has 0 spiro atoms. The SMILES string of the molecule is CCN(CC)c1cccc(C2(c3cccc(N(CC)CC)c3C)OC(=O)c3nccnc32)c1C. The first-order chi connectivity index (χ1) is 16.4. The second-order valence-electron chi connectivity index (χ2n) is 8.57. The Morgan fingerprint density at radius 3 is 1.71 bits per heavy atom. The molecule has 1 aliphatic rings. The van der Waals surface area contributed by atoms with Crippen LogP contribution in [-0.2, 0) is 10.3 Å². The Morgan fingerprint density at radius 2 is 1.24 bits per heavy atom. The monoisotopic (exact) mass is 458 g/mol. The van der Waals surface area contributed by atoms with E-state index in [4.69, 9.17) is 9.72 Å². The van der Waals surface area contributed by atoms with Gasteiger partial charge in [0.15, 0.2) is 5.69 Å². The Bertz CT molecular complexity index is 1140. The summed E-state index contributed by atoms with van der Waals surface area (Å²) < 4.78 is 6.36. The van der Waals surface area contributed by atoms with E-state index in [-0.39, 0.29) is 5.69 Å².